The molecule has 0 atom stereocenters. The fourth-order valence-electron chi connectivity index (χ4n) is 12.2. The molecule has 8 aromatic carbocycles. The highest BCUT2D eigenvalue weighted by Gasteiger charge is 2.18. The molecule has 0 aliphatic heterocycles. The fourth-order valence-corrected chi connectivity index (χ4v) is 12.2. The third-order valence-corrected chi connectivity index (χ3v) is 18.7. The molecule has 0 saturated heterocycles. The van der Waals surface area contributed by atoms with Crippen molar-refractivity contribution >= 4 is 69.1 Å². The van der Waals surface area contributed by atoms with Crippen LogP contribution in [0.3, 0.4) is 0 Å². The minimum atomic E-state index is -3.20. The van der Waals surface area contributed by atoms with Gasteiger partial charge < -0.3 is 59.5 Å². The molecule has 4 amide bonds. The lowest BCUT2D eigenvalue weighted by Gasteiger charge is -2.11. The molecule has 31 heteroatoms. The Hall–Kier alpha value is -19.3. The summed E-state index contributed by atoms with van der Waals surface area (Å²) in [6, 6.07) is -20.6. The van der Waals surface area contributed by atoms with Crippen molar-refractivity contribution in [3.8, 4) is 67.8 Å². The molecule has 0 spiro atoms. The summed E-state index contributed by atoms with van der Waals surface area (Å²) in [5, 5.41) is 9.38. The summed E-state index contributed by atoms with van der Waals surface area (Å²) in [6.45, 7) is 8.64. The molecule has 12 heterocycles. The maximum atomic E-state index is 13.8. The summed E-state index contributed by atoms with van der Waals surface area (Å²) in [6.07, 6.45) is -0.0268. The van der Waals surface area contributed by atoms with Gasteiger partial charge in [0.05, 0.1) is 150 Å². The second-order valence-electron chi connectivity index (χ2n) is 29.8. The summed E-state index contributed by atoms with van der Waals surface area (Å²) in [7, 11) is 0. The van der Waals surface area contributed by atoms with Gasteiger partial charge in [-0.15, -0.1) is 0 Å². The second kappa shape index (κ2) is 44.4. The Morgan fingerprint density at radius 1 is 0.299 bits per heavy atom. The minimum Gasteiger partial charge on any atom is -0.324 e. The number of carbonyl (C=O) groups excluding carboxylic acids is 4. The van der Waals surface area contributed by atoms with Crippen LogP contribution in [0.25, 0.3) is 67.8 Å². The van der Waals surface area contributed by atoms with Gasteiger partial charge in [0.15, 0.2) is 0 Å². The monoisotopic (exact) mass is 1960 g/mol. The van der Waals surface area contributed by atoms with Crippen molar-refractivity contribution in [3.63, 3.8) is 0 Å². The standard InChI is InChI=1S/C29H26N6O.3C28H25N7O/c1-19-9-12-35(18-19)25-14-20(2)13-24(16-25)32-28(36)22-7-6-21(3)27(15-22)34-29-31-11-8-26(33-29)23-5-4-10-30-17-23;3*1-18-11-23(14-24(12-18)35-16-20(3)31-17-35)32-27(36)21-7-6-19(2)26(13-21)34-28-30-10-8-25(33-28)22-5-4-9-29-15-22/h4-18H,1-3H3,(H,32,36)(H,31,33,34);3*4-17H,1-3H3,(H,32,36)(H,30,33,34)/i4D,5D,6D,7D,8D,10D,11D,12D,13D,14D,15D,16D,17D,18D;2*2D3,4D,5D,6D,7D,8D,9D,10D,11D,12D,13D,14D,15D;4D,5D,6D,7D,8D,9D,10D,11D,12D,13D,14D,15D. The second-order valence-corrected chi connectivity index (χ2v) is 29.8. The number of rotatable bonds is 20. The molecule has 712 valence electrons. The summed E-state index contributed by atoms with van der Waals surface area (Å²) in [5.41, 5.74) is -12.6. The highest BCUT2D eigenvalue weighted by atomic mass is 16.2. The number of anilines is 4. The SMILES string of the molecule is [2H]c1nc(=Nc2c([2H])c(C(=O)Nc3c([2H])c(C)c([2H])c(-n4c([2H])cc(C)c4[2H])c3[2H])c([2H])c([2H])c2C)[nH]c(-c2c([2H])nc([2H])c([2H])c2[2H])c1[2H].[2H]c1nc(=Nc2c([2H])c(C(=O)Nc3c([2H])c(C)c([2H])c(-n4cnc(C)c4)c3[2H])c([2H])c([2H])c2C([2H])([2H])[2H])[nH]c(-c2c([2H])nc([2H])c([2H])c2[2H])c1[2H].[2H]c1nc(=Nc2c([2H])c(C(=O)Nc3c([2H])c(C)c([2H])c(-n4cnc(C)c4)c3[2H])c([2H])c([2H])c2C([2H])([2H])[2H])[nH]c(-c2c([2H])nc([2H])c([2H])c2[2H])c1[2H].[2H]c1nc(=Nc2c([2H])c(C(=O)Nc3c([2H])c(C)c([2H])c(-n4cnc(C)c4)c3[2H])c([2H])c([2H])c2C)[nH]c(-c2c([2H])nc([2H])c([2H])c2[2H])c1[2H]. The molecule has 0 saturated carbocycles. The first-order chi connectivity index (χ1) is 93.1. The van der Waals surface area contributed by atoms with Crippen molar-refractivity contribution < 1.29 is 95.9 Å². The number of imidazole rings is 3. The Labute approximate surface area is 907 Å². The predicted molar refractivity (Wildman–Crippen MR) is 559 cm³/mol. The zero-order valence-electron chi connectivity index (χ0n) is 132. The molecule has 0 radical (unpaired) electrons. The zero-order valence-corrected chi connectivity index (χ0v) is 76.2. The number of nitrogens with one attached hydrogen (secondary N) is 8. The van der Waals surface area contributed by atoms with Crippen LogP contribution in [0.5, 0.6) is 0 Å². The Kier molecular flexibility index (Phi) is 15.2. The van der Waals surface area contributed by atoms with Crippen LogP contribution < -0.4 is 43.7 Å². The van der Waals surface area contributed by atoms with Gasteiger partial charge in [0, 0.05) is 203 Å². The summed E-state index contributed by atoms with van der Waals surface area (Å²) in [5.74, 6) is -4.87. The van der Waals surface area contributed by atoms with E-state index in [1.165, 1.54) is 92.7 Å². The van der Waals surface area contributed by atoms with Gasteiger partial charge in [0.2, 0.25) is 22.5 Å². The number of carbonyl (C=O) groups is 4. The molecule has 12 aromatic heterocycles. The molecule has 20 rings (SSSR count). The molecule has 31 nitrogen and oxygen atoms in total. The van der Waals surface area contributed by atoms with Crippen LogP contribution in [0.2, 0.25) is 0 Å². The van der Waals surface area contributed by atoms with Gasteiger partial charge in [-0.1, -0.05) is 24.2 Å². The van der Waals surface area contributed by atoms with E-state index in [-0.39, 0.29) is 138 Å². The normalized spacial score (nSPS) is 17.1. The van der Waals surface area contributed by atoms with Crippen LogP contribution in [0, 0.1) is 82.9 Å². The van der Waals surface area contributed by atoms with Crippen LogP contribution in [0.1, 0.15) is 185 Å². The van der Waals surface area contributed by atoms with E-state index in [1.807, 2.05) is 0 Å². The number of pyridine rings is 4. The molecule has 20 aromatic rings. The summed E-state index contributed by atoms with van der Waals surface area (Å²) < 4.78 is 471. The molecule has 0 bridgehead atoms. The van der Waals surface area contributed by atoms with Gasteiger partial charge in [-0.05, 0) is 332 Å². The van der Waals surface area contributed by atoms with E-state index in [9.17, 15) is 19.2 Å². The first kappa shape index (κ1) is 49.3. The number of hydrogen-bond acceptors (Lipinski definition) is 19. The van der Waals surface area contributed by atoms with E-state index in [1.54, 1.807) is 33.9 Å². The Morgan fingerprint density at radius 3 is 0.826 bits per heavy atom. The van der Waals surface area contributed by atoms with Crippen LogP contribution in [-0.2, 0) is 0 Å². The summed E-state index contributed by atoms with van der Waals surface area (Å²) >= 11 is 0. The molecule has 144 heavy (non-hydrogen) atoms. The lowest BCUT2D eigenvalue weighted by molar-refractivity contribution is 0.101. The van der Waals surface area contributed by atoms with E-state index >= 15 is 0 Å². The van der Waals surface area contributed by atoms with E-state index < -0.39 is 406 Å². The zero-order chi connectivity index (χ0) is 149. The minimum absolute atomic E-state index is 0.00709. The average molecular weight is 1960 g/mol. The van der Waals surface area contributed by atoms with Crippen molar-refractivity contribution in [2.45, 2.75) is 82.9 Å². The lowest BCUT2D eigenvalue weighted by Crippen LogP contribution is -2.14. The van der Waals surface area contributed by atoms with Gasteiger partial charge in [-0.2, -0.15) is 0 Å². The van der Waals surface area contributed by atoms with Crippen molar-refractivity contribution in [3.05, 3.63) is 459 Å². The Balaban J connectivity index is 0.000000173. The van der Waals surface area contributed by atoms with Crippen molar-refractivity contribution in [2.24, 2.45) is 20.0 Å². The Bertz CT molecular complexity index is 11600. The topological polar surface area (TPSA) is 391 Å². The van der Waals surface area contributed by atoms with Gasteiger partial charge in [-0.3, -0.25) is 39.1 Å². The molecule has 0 aliphatic rings. The number of aromatic nitrogens is 19. The number of nitrogens with zero attached hydrogens (tertiary/aromatic N) is 19. The highest BCUT2D eigenvalue weighted by molar-refractivity contribution is 6.07. The van der Waals surface area contributed by atoms with Crippen LogP contribution in [0.4, 0.5) is 45.5 Å². The number of amides is 4. The molecule has 8 N–H and O–H groups in total. The van der Waals surface area contributed by atoms with Gasteiger partial charge in [-0.25, -0.2) is 54.9 Å². The van der Waals surface area contributed by atoms with E-state index in [4.69, 9.17) is 76.8 Å². The molecular weight excluding hydrogens is 1800 g/mol. The smallest absolute Gasteiger partial charge is 0.255 e. The number of H-pyrrole nitrogens is 4. The quantitative estimate of drug-likeness (QED) is 0.0351. The van der Waals surface area contributed by atoms with Crippen LogP contribution >= 0.6 is 0 Å². The Morgan fingerprint density at radius 2 is 0.569 bits per heavy atom. The highest BCUT2D eigenvalue weighted by Crippen LogP contribution is 2.31. The van der Waals surface area contributed by atoms with Gasteiger partial charge in [0.25, 0.3) is 23.6 Å². The maximum Gasteiger partial charge on any atom is 0.255 e. The lowest BCUT2D eigenvalue weighted by atomic mass is 10.1. The average Bonchev–Trinajstić information content (AvgIpc) is 0.960. The first-order valence-corrected chi connectivity index (χ1v) is 41.7. The van der Waals surface area contributed by atoms with Gasteiger partial charge >= 0.3 is 0 Å². The van der Waals surface area contributed by atoms with E-state index in [0.29, 0.717) is 22.6 Å². The van der Waals surface area contributed by atoms with E-state index in [0.717, 1.165) is 4.57 Å². The fraction of sp³-hybridized carbons (Fsp3) is 0.106. The number of aryl methyl sites for hydroxylation is 4. The number of hydrogen-bond donors (Lipinski definition) is 8. The number of benzene rings is 8. The molecule has 0 fully saturated rings. The predicted octanol–water partition coefficient (Wildman–Crippen LogP) is 20.9. The molecule has 0 unspecified atom stereocenters. The molecular formula is C113H101N27O4. The van der Waals surface area contributed by atoms with Gasteiger partial charge in [0.1, 0.15) is 0 Å². The van der Waals surface area contributed by atoms with Crippen molar-refractivity contribution in [1.82, 2.24) is 93.0 Å². The third-order valence-electron chi connectivity index (χ3n) is 18.7. The largest absolute Gasteiger partial charge is 0.324 e. The van der Waals surface area contributed by atoms with Crippen LogP contribution in [0.15, 0.2) is 368 Å². The van der Waals surface area contributed by atoms with Crippen LogP contribution in [-0.4, -0.2) is 117 Å². The van der Waals surface area contributed by atoms with E-state index in [2.05, 4.69) is 116 Å². The molecule has 0 aliphatic carbocycles. The third kappa shape index (κ3) is 25.2. The summed E-state index contributed by atoms with van der Waals surface area (Å²) in [4.78, 5) is 123. The first-order valence-electron chi connectivity index (χ1n) is 69.7. The maximum absolute atomic E-state index is 13.8. The van der Waals surface area contributed by atoms with Crippen molar-refractivity contribution in [2.75, 3.05) is 21.3 Å². The number of aromatic amines is 4. The van der Waals surface area contributed by atoms with Crippen molar-refractivity contribution in [1.29, 1.82) is 0 Å².